The number of carbonyl (C=O) groups excluding carboxylic acids is 2. The van der Waals surface area contributed by atoms with Crippen molar-refractivity contribution in [3.05, 3.63) is 107 Å². The van der Waals surface area contributed by atoms with Gasteiger partial charge in [0.15, 0.2) is 11.9 Å². The van der Waals surface area contributed by atoms with Crippen LogP contribution < -0.4 is 15.4 Å². The van der Waals surface area contributed by atoms with Crippen molar-refractivity contribution in [1.29, 1.82) is 0 Å². The van der Waals surface area contributed by atoms with E-state index in [9.17, 15) is 24.6 Å². The lowest BCUT2D eigenvalue weighted by atomic mass is 9.95. The molecule has 0 bridgehead atoms. The zero-order valence-electron chi connectivity index (χ0n) is 32.0. The van der Waals surface area contributed by atoms with Crippen molar-refractivity contribution >= 4 is 29.1 Å². The smallest absolute Gasteiger partial charge is 0.329 e. The van der Waals surface area contributed by atoms with Gasteiger partial charge in [0.2, 0.25) is 5.91 Å². The highest BCUT2D eigenvalue weighted by Crippen LogP contribution is 2.30. The number of aryl methyl sites for hydroxylation is 1. The number of aliphatic hydroxyl groups is 1. The summed E-state index contributed by atoms with van der Waals surface area (Å²) in [7, 11) is 1.68. The van der Waals surface area contributed by atoms with Crippen LogP contribution in [0.3, 0.4) is 0 Å². The molecule has 290 valence electrons. The molecule has 0 saturated carbocycles. The average Bonchev–Trinajstić information content (AvgIpc) is 3.86. The summed E-state index contributed by atoms with van der Waals surface area (Å²) in [6.45, 7) is 9.05. The number of carboxylic acid groups (broad SMARTS) is 1. The largest absolute Gasteiger partial charge is 0.494 e. The molecule has 0 radical (unpaired) electrons. The second-order valence-corrected chi connectivity index (χ2v) is 15.7. The lowest BCUT2D eigenvalue weighted by Crippen LogP contribution is -2.54. The highest BCUT2D eigenvalue weighted by molar-refractivity contribution is 7.14. The number of carboxylic acids is 1. The first-order chi connectivity index (χ1) is 26.3. The molecule has 13 heteroatoms. The van der Waals surface area contributed by atoms with Crippen LogP contribution in [0.5, 0.6) is 5.75 Å². The molecule has 55 heavy (non-hydrogen) atoms. The zero-order valence-corrected chi connectivity index (χ0v) is 32.8. The number of hydrogen-bond acceptors (Lipinski definition) is 9. The Kier molecular flexibility index (Phi) is 13.9. The molecule has 2 aromatic carbocycles. The van der Waals surface area contributed by atoms with Crippen molar-refractivity contribution in [2.75, 3.05) is 6.61 Å². The van der Waals surface area contributed by atoms with E-state index >= 15 is 0 Å². The van der Waals surface area contributed by atoms with Gasteiger partial charge in [-0.15, -0.1) is 11.3 Å². The summed E-state index contributed by atoms with van der Waals surface area (Å²) in [5.41, 5.74) is 3.20. The number of carbonyl (C=O) groups is 3. The molecule has 0 aliphatic rings. The van der Waals surface area contributed by atoms with E-state index in [1.807, 2.05) is 75.4 Å². The predicted molar refractivity (Wildman–Crippen MR) is 213 cm³/mol. The summed E-state index contributed by atoms with van der Waals surface area (Å²) in [6, 6.07) is 15.9. The van der Waals surface area contributed by atoms with E-state index in [1.165, 1.54) is 49.5 Å². The van der Waals surface area contributed by atoms with Gasteiger partial charge in [-0.1, -0.05) is 89.8 Å². The Bertz CT molecular complexity index is 2020. The molecule has 3 aromatic heterocycles. The number of ether oxygens (including phenoxy) is 1. The van der Waals surface area contributed by atoms with Crippen molar-refractivity contribution in [3.63, 3.8) is 0 Å². The Morgan fingerprint density at radius 3 is 2.13 bits per heavy atom. The maximum Gasteiger partial charge on any atom is 0.329 e. The molecule has 0 saturated heterocycles. The van der Waals surface area contributed by atoms with E-state index < -0.39 is 36.0 Å². The molecule has 5 aromatic rings. The molecule has 5 rings (SSSR count). The monoisotopic (exact) mass is 766 g/mol. The number of imidazole rings is 1. The zero-order chi connectivity index (χ0) is 39.5. The second-order valence-electron chi connectivity index (χ2n) is 14.7. The van der Waals surface area contributed by atoms with E-state index in [-0.39, 0.29) is 17.5 Å². The Hall–Kier alpha value is -5.40. The minimum atomic E-state index is -1.71. The Labute approximate surface area is 326 Å². The number of thiophene rings is 1. The van der Waals surface area contributed by atoms with Crippen molar-refractivity contribution in [2.45, 2.75) is 89.8 Å². The van der Waals surface area contributed by atoms with E-state index in [0.29, 0.717) is 22.9 Å². The van der Waals surface area contributed by atoms with Gasteiger partial charge in [-0.25, -0.2) is 19.7 Å². The van der Waals surface area contributed by atoms with Crippen LogP contribution in [-0.2, 0) is 28.5 Å². The number of amides is 2. The summed E-state index contributed by atoms with van der Waals surface area (Å²) in [5.74, 6) is -1.34. The molecule has 2 amide bonds. The summed E-state index contributed by atoms with van der Waals surface area (Å²) in [5, 5.41) is 26.0. The molecule has 0 aliphatic carbocycles. The van der Waals surface area contributed by atoms with E-state index in [1.54, 1.807) is 30.1 Å². The molecule has 12 nitrogen and oxygen atoms in total. The molecule has 3 atom stereocenters. The lowest BCUT2D eigenvalue weighted by Gasteiger charge is -2.24. The van der Waals surface area contributed by atoms with Crippen molar-refractivity contribution in [1.82, 2.24) is 30.2 Å². The SMILES string of the molecule is CCCCCCCOc1ccc(-c2cnc(-c3ccc(C[C@H](NC(=O)c4ccc(C(C)(C)C)s4)C(=O)NC(C(=O)O)C(O)c4cn(C)cn4)cc3)nc2)cc1. The van der Waals surface area contributed by atoms with E-state index in [0.717, 1.165) is 33.7 Å². The van der Waals surface area contributed by atoms with Crippen molar-refractivity contribution in [3.8, 4) is 28.3 Å². The number of rotatable bonds is 18. The van der Waals surface area contributed by atoms with Gasteiger partial charge < -0.3 is 30.2 Å². The van der Waals surface area contributed by atoms with Crippen LogP contribution in [-0.4, -0.2) is 66.2 Å². The van der Waals surface area contributed by atoms with Crippen LogP contribution in [0, 0.1) is 0 Å². The number of hydrogen-bond donors (Lipinski definition) is 4. The van der Waals surface area contributed by atoms with Gasteiger partial charge in [0.1, 0.15) is 17.9 Å². The molecular weight excluding hydrogens is 717 g/mol. The fraction of sp³-hybridized carbons (Fsp3) is 0.381. The Balaban J connectivity index is 1.27. The number of aliphatic hydroxyl groups excluding tert-OH is 1. The summed E-state index contributed by atoms with van der Waals surface area (Å²) >= 11 is 1.33. The predicted octanol–water partition coefficient (Wildman–Crippen LogP) is 6.90. The fourth-order valence-electron chi connectivity index (χ4n) is 5.88. The van der Waals surface area contributed by atoms with Crippen LogP contribution in [0.4, 0.5) is 0 Å². The molecule has 3 heterocycles. The summed E-state index contributed by atoms with van der Waals surface area (Å²) < 4.78 is 7.45. The number of benzene rings is 2. The van der Waals surface area contributed by atoms with Crippen LogP contribution >= 0.6 is 11.3 Å². The average molecular weight is 767 g/mol. The topological polar surface area (TPSA) is 169 Å². The molecule has 0 aliphatic heterocycles. The molecular formula is C42H50N6O6S. The molecule has 2 unspecified atom stereocenters. The summed E-state index contributed by atoms with van der Waals surface area (Å²) in [4.78, 5) is 54.0. The van der Waals surface area contributed by atoms with Crippen LogP contribution in [0.2, 0.25) is 0 Å². The van der Waals surface area contributed by atoms with Gasteiger partial charge in [0.25, 0.3) is 5.91 Å². The van der Waals surface area contributed by atoms with Gasteiger partial charge in [-0.3, -0.25) is 9.59 Å². The molecule has 4 N–H and O–H groups in total. The Morgan fingerprint density at radius 1 is 0.855 bits per heavy atom. The first-order valence-corrected chi connectivity index (χ1v) is 19.4. The van der Waals surface area contributed by atoms with Gasteiger partial charge in [0.05, 0.1) is 23.5 Å². The number of unbranched alkanes of at least 4 members (excludes halogenated alkanes) is 4. The number of aliphatic carboxylic acids is 1. The lowest BCUT2D eigenvalue weighted by molar-refractivity contribution is -0.145. The first kappa shape index (κ1) is 40.8. The Morgan fingerprint density at radius 2 is 1.53 bits per heavy atom. The minimum Gasteiger partial charge on any atom is -0.494 e. The number of aromatic nitrogens is 4. The first-order valence-electron chi connectivity index (χ1n) is 18.6. The van der Waals surface area contributed by atoms with Crippen LogP contribution in [0.25, 0.3) is 22.5 Å². The highest BCUT2D eigenvalue weighted by atomic mass is 32.1. The fourth-order valence-corrected chi connectivity index (χ4v) is 6.85. The van der Waals surface area contributed by atoms with Gasteiger partial charge in [-0.05, 0) is 47.2 Å². The van der Waals surface area contributed by atoms with E-state index in [4.69, 9.17) is 4.74 Å². The number of nitrogens with zero attached hydrogens (tertiary/aromatic N) is 4. The van der Waals surface area contributed by atoms with Crippen molar-refractivity contribution in [2.24, 2.45) is 7.05 Å². The molecule has 0 spiro atoms. The number of nitrogens with one attached hydrogen (secondary N) is 2. The van der Waals surface area contributed by atoms with Gasteiger partial charge in [-0.2, -0.15) is 0 Å². The third-order valence-electron chi connectivity index (χ3n) is 9.11. The van der Waals surface area contributed by atoms with Gasteiger partial charge in [0, 0.05) is 48.1 Å². The van der Waals surface area contributed by atoms with Crippen LogP contribution in [0.1, 0.15) is 91.7 Å². The van der Waals surface area contributed by atoms with Gasteiger partial charge >= 0.3 is 5.97 Å². The maximum atomic E-state index is 13.7. The standard InChI is InChI=1S/C42H50N6O6S/c1-6-7-8-9-10-21-54-31-17-15-28(16-18-31)30-23-43-38(44-24-30)29-13-11-27(12-14-29)22-32(46-40(51)34-19-20-35(55-34)42(2,3)4)39(50)47-36(41(52)53)37(49)33-25-48(5)26-45-33/h11-20,23-26,32,36-37,49H,6-10,21-22H2,1-5H3,(H,46,51)(H,47,50)(H,52,53)/t32-,36?,37?/m0/s1. The molecule has 0 fully saturated rings. The third-order valence-corrected chi connectivity index (χ3v) is 10.6. The second kappa shape index (κ2) is 18.8. The van der Waals surface area contributed by atoms with Crippen LogP contribution in [0.15, 0.2) is 85.6 Å². The van der Waals surface area contributed by atoms with E-state index in [2.05, 4.69) is 32.5 Å². The normalized spacial score (nSPS) is 13.1. The highest BCUT2D eigenvalue weighted by Gasteiger charge is 2.34. The van der Waals surface area contributed by atoms with Crippen molar-refractivity contribution < 1.29 is 29.3 Å². The maximum absolute atomic E-state index is 13.7. The minimum absolute atomic E-state index is 0.0414. The quantitative estimate of drug-likeness (QED) is 0.0694. The third kappa shape index (κ3) is 11.3. The summed E-state index contributed by atoms with van der Waals surface area (Å²) in [6.07, 6.45) is 10.8.